The predicted octanol–water partition coefficient (Wildman–Crippen LogP) is 1.54. The van der Waals surface area contributed by atoms with Gasteiger partial charge in [0.15, 0.2) is 0 Å². The van der Waals surface area contributed by atoms with Crippen LogP contribution in [0.25, 0.3) is 11.4 Å². The molecule has 2 aromatic rings. The van der Waals surface area contributed by atoms with Crippen LogP contribution in [-0.4, -0.2) is 33.1 Å². The zero-order chi connectivity index (χ0) is 13.0. The molecule has 0 aliphatic heterocycles. The van der Waals surface area contributed by atoms with Gasteiger partial charge in [0.2, 0.25) is 12.1 Å². The number of hydrogen-bond acceptors (Lipinski definition) is 6. The average molecular weight is 252 g/mol. The molecule has 0 aliphatic carbocycles. The smallest absolute Gasteiger partial charge is 0.283 e. The van der Waals surface area contributed by atoms with Crippen molar-refractivity contribution in [3.8, 4) is 11.4 Å². The van der Waals surface area contributed by atoms with Gasteiger partial charge in [0.25, 0.3) is 5.89 Å². The molecule has 0 bridgehead atoms. The maximum atomic E-state index is 5.38. The summed E-state index contributed by atoms with van der Waals surface area (Å²) in [5.41, 5.74) is 0.791. The van der Waals surface area contributed by atoms with Crippen molar-refractivity contribution in [2.45, 2.75) is 20.1 Å². The molecule has 18 heavy (non-hydrogen) atoms. The number of nitrogens with zero attached hydrogens (tertiary/aromatic N) is 4. The monoisotopic (exact) mass is 252 g/mol. The van der Waals surface area contributed by atoms with Gasteiger partial charge in [0.05, 0.1) is 11.8 Å². The highest BCUT2D eigenvalue weighted by atomic mass is 16.7. The summed E-state index contributed by atoms with van der Waals surface area (Å²) in [4.78, 5) is 4.25. The SMILES string of the molecule is CCOC(OCC)c1nc(-c2cnn(C)c2)no1. The summed E-state index contributed by atoms with van der Waals surface area (Å²) in [6.45, 7) is 4.78. The topological polar surface area (TPSA) is 75.2 Å². The largest absolute Gasteiger partial charge is 0.345 e. The van der Waals surface area contributed by atoms with Crippen molar-refractivity contribution >= 4 is 0 Å². The Morgan fingerprint density at radius 2 is 2.06 bits per heavy atom. The Kier molecular flexibility index (Phi) is 4.06. The number of aromatic nitrogens is 4. The highest BCUT2D eigenvalue weighted by molar-refractivity contribution is 5.50. The van der Waals surface area contributed by atoms with E-state index in [0.29, 0.717) is 24.9 Å². The van der Waals surface area contributed by atoms with Gasteiger partial charge < -0.3 is 14.0 Å². The van der Waals surface area contributed by atoms with E-state index in [1.165, 1.54) is 0 Å². The third kappa shape index (κ3) is 2.74. The van der Waals surface area contributed by atoms with Crippen LogP contribution in [0.2, 0.25) is 0 Å². The Balaban J connectivity index is 2.18. The molecule has 0 aliphatic rings. The fraction of sp³-hybridized carbons (Fsp3) is 0.545. The number of ether oxygens (including phenoxy) is 2. The molecule has 0 amide bonds. The molecule has 0 aromatic carbocycles. The summed E-state index contributed by atoms with van der Waals surface area (Å²) in [5.74, 6) is 0.792. The van der Waals surface area contributed by atoms with Crippen molar-refractivity contribution in [3.05, 3.63) is 18.3 Å². The molecule has 0 fully saturated rings. The first-order valence-corrected chi connectivity index (χ1v) is 5.80. The van der Waals surface area contributed by atoms with E-state index in [0.717, 1.165) is 5.56 Å². The van der Waals surface area contributed by atoms with Crippen LogP contribution in [-0.2, 0) is 16.5 Å². The molecule has 0 saturated heterocycles. The second kappa shape index (κ2) is 5.74. The summed E-state index contributed by atoms with van der Waals surface area (Å²) in [5, 5.41) is 7.94. The molecule has 7 nitrogen and oxygen atoms in total. The van der Waals surface area contributed by atoms with Crippen molar-refractivity contribution in [3.63, 3.8) is 0 Å². The lowest BCUT2D eigenvalue weighted by molar-refractivity contribution is -0.155. The minimum atomic E-state index is -0.613. The average Bonchev–Trinajstić information content (AvgIpc) is 2.97. The van der Waals surface area contributed by atoms with Crippen molar-refractivity contribution in [1.82, 2.24) is 19.9 Å². The summed E-state index contributed by atoms with van der Waals surface area (Å²) in [6.07, 6.45) is 2.87. The first kappa shape index (κ1) is 12.7. The highest BCUT2D eigenvalue weighted by Crippen LogP contribution is 2.21. The van der Waals surface area contributed by atoms with E-state index in [2.05, 4.69) is 15.2 Å². The van der Waals surface area contributed by atoms with Gasteiger partial charge in [-0.05, 0) is 13.8 Å². The fourth-order valence-electron chi connectivity index (χ4n) is 1.48. The normalized spacial score (nSPS) is 11.3. The lowest BCUT2D eigenvalue weighted by Gasteiger charge is -2.11. The molecular formula is C11H16N4O3. The zero-order valence-electron chi connectivity index (χ0n) is 10.7. The Labute approximate surface area is 105 Å². The lowest BCUT2D eigenvalue weighted by atomic mass is 10.3. The standard InChI is InChI=1S/C11H16N4O3/c1-4-16-11(17-5-2)10-13-9(14-18-10)8-6-12-15(3)7-8/h6-7,11H,4-5H2,1-3H3. The summed E-state index contributed by atoms with van der Waals surface area (Å²) in [6, 6.07) is 0. The van der Waals surface area contributed by atoms with E-state index in [-0.39, 0.29) is 0 Å². The lowest BCUT2D eigenvalue weighted by Crippen LogP contribution is -2.09. The molecule has 98 valence electrons. The van der Waals surface area contributed by atoms with Gasteiger partial charge in [-0.1, -0.05) is 5.16 Å². The van der Waals surface area contributed by atoms with Gasteiger partial charge in [0, 0.05) is 26.5 Å². The molecular weight excluding hydrogens is 236 g/mol. The summed E-state index contributed by atoms with van der Waals surface area (Å²) < 4.78 is 17.6. The van der Waals surface area contributed by atoms with Gasteiger partial charge in [0.1, 0.15) is 0 Å². The highest BCUT2D eigenvalue weighted by Gasteiger charge is 2.20. The van der Waals surface area contributed by atoms with Crippen LogP contribution in [0.3, 0.4) is 0 Å². The molecule has 0 radical (unpaired) electrons. The third-order valence-corrected chi connectivity index (χ3v) is 2.24. The van der Waals surface area contributed by atoms with Gasteiger partial charge >= 0.3 is 0 Å². The first-order chi connectivity index (χ1) is 8.74. The Morgan fingerprint density at radius 3 is 2.61 bits per heavy atom. The van der Waals surface area contributed by atoms with E-state index in [1.54, 1.807) is 10.9 Å². The predicted molar refractivity (Wildman–Crippen MR) is 62.5 cm³/mol. The molecule has 0 unspecified atom stereocenters. The minimum absolute atomic E-state index is 0.317. The van der Waals surface area contributed by atoms with Crippen molar-refractivity contribution in [2.75, 3.05) is 13.2 Å². The van der Waals surface area contributed by atoms with Gasteiger partial charge in [-0.15, -0.1) is 0 Å². The quantitative estimate of drug-likeness (QED) is 0.726. The third-order valence-electron chi connectivity index (χ3n) is 2.24. The summed E-state index contributed by atoms with van der Waals surface area (Å²) >= 11 is 0. The second-order valence-corrected chi connectivity index (χ2v) is 3.60. The maximum Gasteiger partial charge on any atom is 0.283 e. The van der Waals surface area contributed by atoms with Crippen molar-refractivity contribution < 1.29 is 14.0 Å². The minimum Gasteiger partial charge on any atom is -0.345 e. The number of rotatable bonds is 6. The first-order valence-electron chi connectivity index (χ1n) is 5.80. The van der Waals surface area contributed by atoms with Crippen molar-refractivity contribution in [2.24, 2.45) is 7.05 Å². The van der Waals surface area contributed by atoms with Crippen LogP contribution in [0.15, 0.2) is 16.9 Å². The molecule has 2 aromatic heterocycles. The van der Waals surface area contributed by atoms with Crippen LogP contribution < -0.4 is 0 Å². The van der Waals surface area contributed by atoms with Gasteiger partial charge in [-0.2, -0.15) is 10.1 Å². The van der Waals surface area contributed by atoms with Crippen LogP contribution >= 0.6 is 0 Å². The van der Waals surface area contributed by atoms with E-state index in [1.807, 2.05) is 27.1 Å². The number of aryl methyl sites for hydroxylation is 1. The van der Waals surface area contributed by atoms with E-state index in [9.17, 15) is 0 Å². The number of hydrogen-bond donors (Lipinski definition) is 0. The molecule has 7 heteroatoms. The Morgan fingerprint density at radius 1 is 1.33 bits per heavy atom. The molecule has 2 heterocycles. The summed E-state index contributed by atoms with van der Waals surface area (Å²) in [7, 11) is 1.83. The molecule has 0 spiro atoms. The Hall–Kier alpha value is -1.73. The molecule has 0 saturated carbocycles. The van der Waals surface area contributed by atoms with Gasteiger partial charge in [-0.3, -0.25) is 4.68 Å². The van der Waals surface area contributed by atoms with Crippen LogP contribution in [0, 0.1) is 0 Å². The van der Waals surface area contributed by atoms with E-state index < -0.39 is 6.29 Å². The molecule has 0 N–H and O–H groups in total. The molecule has 0 atom stereocenters. The maximum absolute atomic E-state index is 5.38. The van der Waals surface area contributed by atoms with Crippen LogP contribution in [0.1, 0.15) is 26.0 Å². The van der Waals surface area contributed by atoms with Gasteiger partial charge in [-0.25, -0.2) is 0 Å². The van der Waals surface area contributed by atoms with Crippen LogP contribution in [0.5, 0.6) is 0 Å². The fourth-order valence-corrected chi connectivity index (χ4v) is 1.48. The van der Waals surface area contributed by atoms with Crippen LogP contribution in [0.4, 0.5) is 0 Å². The molecule has 2 rings (SSSR count). The van der Waals surface area contributed by atoms with E-state index >= 15 is 0 Å². The van der Waals surface area contributed by atoms with E-state index in [4.69, 9.17) is 14.0 Å². The zero-order valence-corrected chi connectivity index (χ0v) is 10.7. The van der Waals surface area contributed by atoms with Crippen molar-refractivity contribution in [1.29, 1.82) is 0 Å². The Bertz CT molecular complexity index is 488. The second-order valence-electron chi connectivity index (χ2n) is 3.60.